The maximum atomic E-state index is 13.1. The number of carbonyl (C=O) groups is 1. The topological polar surface area (TPSA) is 61.9 Å². The minimum Gasteiger partial charge on any atom is -0.334 e. The number of halogens is 1. The van der Waals surface area contributed by atoms with Gasteiger partial charge in [0.1, 0.15) is 5.15 Å². The van der Waals surface area contributed by atoms with Crippen LogP contribution in [-0.2, 0) is 13.0 Å². The van der Waals surface area contributed by atoms with Gasteiger partial charge in [0.05, 0.1) is 20.3 Å². The van der Waals surface area contributed by atoms with Crippen molar-refractivity contribution in [3.8, 4) is 10.6 Å². The molecule has 0 saturated carbocycles. The second-order valence-electron chi connectivity index (χ2n) is 5.68. The van der Waals surface area contributed by atoms with E-state index in [2.05, 4.69) is 15.2 Å². The number of hydrogen-bond donors (Lipinski definition) is 1. The molecule has 0 aliphatic carbocycles. The van der Waals surface area contributed by atoms with Crippen molar-refractivity contribution in [2.24, 2.45) is 0 Å². The molecule has 0 bridgehead atoms. The molecule has 0 radical (unpaired) electrons. The number of nitrogens with one attached hydrogen (secondary N) is 1. The second kappa shape index (κ2) is 6.82. The van der Waals surface area contributed by atoms with Gasteiger partial charge in [0.25, 0.3) is 5.91 Å². The fourth-order valence-corrected chi connectivity index (χ4v) is 5.27. The van der Waals surface area contributed by atoms with Gasteiger partial charge in [-0.2, -0.15) is 5.10 Å². The van der Waals surface area contributed by atoms with Crippen molar-refractivity contribution in [3.05, 3.63) is 52.4 Å². The summed E-state index contributed by atoms with van der Waals surface area (Å²) in [6.45, 7) is 1.15. The number of thiophene rings is 1. The monoisotopic (exact) mass is 390 g/mol. The van der Waals surface area contributed by atoms with E-state index in [4.69, 9.17) is 11.6 Å². The molecule has 0 aromatic carbocycles. The van der Waals surface area contributed by atoms with Crippen LogP contribution < -0.4 is 0 Å². The molecule has 1 aliphatic heterocycles. The van der Waals surface area contributed by atoms with E-state index in [1.54, 1.807) is 35.5 Å². The van der Waals surface area contributed by atoms with Crippen LogP contribution in [0.15, 0.2) is 34.8 Å². The van der Waals surface area contributed by atoms with E-state index in [0.717, 1.165) is 37.9 Å². The first-order valence-electron chi connectivity index (χ1n) is 7.77. The Bertz CT molecular complexity index is 923. The predicted octanol–water partition coefficient (Wildman–Crippen LogP) is 4.11. The Labute approximate surface area is 158 Å². The number of aromatic amines is 1. The number of aromatic nitrogens is 3. The molecule has 0 unspecified atom stereocenters. The van der Waals surface area contributed by atoms with E-state index in [1.165, 1.54) is 0 Å². The highest BCUT2D eigenvalue weighted by Gasteiger charge is 2.32. The van der Waals surface area contributed by atoms with Gasteiger partial charge in [0.15, 0.2) is 0 Å². The lowest BCUT2D eigenvalue weighted by Crippen LogP contribution is -2.37. The van der Waals surface area contributed by atoms with Gasteiger partial charge in [-0.25, -0.2) is 4.98 Å². The predicted molar refractivity (Wildman–Crippen MR) is 101 cm³/mol. The molecule has 0 atom stereocenters. The zero-order chi connectivity index (χ0) is 17.4. The lowest BCUT2D eigenvalue weighted by Gasteiger charge is -2.28. The molecule has 1 N–H and O–H groups in total. The van der Waals surface area contributed by atoms with Gasteiger partial charge < -0.3 is 4.90 Å². The van der Waals surface area contributed by atoms with E-state index in [9.17, 15) is 4.79 Å². The van der Waals surface area contributed by atoms with Crippen LogP contribution in [0, 0.1) is 0 Å². The molecule has 0 saturated heterocycles. The van der Waals surface area contributed by atoms with Gasteiger partial charge >= 0.3 is 0 Å². The van der Waals surface area contributed by atoms with Gasteiger partial charge in [-0.05, 0) is 30.4 Å². The van der Waals surface area contributed by atoms with Crippen LogP contribution in [0.2, 0.25) is 5.15 Å². The molecule has 128 valence electrons. The molecule has 5 nitrogen and oxygen atoms in total. The van der Waals surface area contributed by atoms with Crippen LogP contribution in [0.1, 0.15) is 21.5 Å². The minimum atomic E-state index is 0.0625. The molecule has 0 fully saturated rings. The fraction of sp³-hybridized carbons (Fsp3) is 0.235. The van der Waals surface area contributed by atoms with Gasteiger partial charge in [-0.1, -0.05) is 17.7 Å². The number of fused-ring (bicyclic) bond motifs is 1. The third-order valence-corrected chi connectivity index (χ3v) is 6.96. The molecular formula is C17H15ClN4OS2. The van der Waals surface area contributed by atoms with Gasteiger partial charge in [-0.3, -0.25) is 9.89 Å². The molecule has 1 aliphatic rings. The van der Waals surface area contributed by atoms with E-state index >= 15 is 0 Å². The lowest BCUT2D eigenvalue weighted by atomic mass is 10.00. The summed E-state index contributed by atoms with van der Waals surface area (Å²) in [5.41, 5.74) is 3.79. The average Bonchev–Trinajstić information content (AvgIpc) is 3.26. The standard InChI is InChI=1S/C17H15ClN4OS2/c1-24-17-13-11(14(25-17)12-4-7-20-21-12)5-8-22(16(13)23)9-10-3-2-6-19-15(10)18/h2-4,6-7H,5,8-9H2,1H3,(H,20,21). The maximum Gasteiger partial charge on any atom is 0.256 e. The minimum absolute atomic E-state index is 0.0625. The van der Waals surface area contributed by atoms with Crippen molar-refractivity contribution >= 4 is 40.6 Å². The molecule has 3 aromatic heterocycles. The number of pyridine rings is 1. The van der Waals surface area contributed by atoms with E-state index in [0.29, 0.717) is 18.2 Å². The Balaban J connectivity index is 1.70. The largest absolute Gasteiger partial charge is 0.334 e. The molecule has 4 rings (SSSR count). The number of H-pyrrole nitrogens is 1. The Kier molecular flexibility index (Phi) is 4.54. The Morgan fingerprint density at radius 3 is 3.00 bits per heavy atom. The Morgan fingerprint density at radius 1 is 1.40 bits per heavy atom. The van der Waals surface area contributed by atoms with Crippen molar-refractivity contribution in [2.45, 2.75) is 17.2 Å². The molecule has 25 heavy (non-hydrogen) atoms. The van der Waals surface area contributed by atoms with Gasteiger partial charge in [-0.15, -0.1) is 23.1 Å². The summed E-state index contributed by atoms with van der Waals surface area (Å²) in [5.74, 6) is 0.0625. The van der Waals surface area contributed by atoms with Crippen LogP contribution in [0.5, 0.6) is 0 Å². The van der Waals surface area contributed by atoms with Crippen LogP contribution in [0.4, 0.5) is 0 Å². The molecule has 1 amide bonds. The Hall–Kier alpha value is -1.83. The van der Waals surface area contributed by atoms with Gasteiger partial charge in [0, 0.05) is 31.0 Å². The summed E-state index contributed by atoms with van der Waals surface area (Å²) < 4.78 is 1.05. The zero-order valence-electron chi connectivity index (χ0n) is 13.5. The smallest absolute Gasteiger partial charge is 0.256 e. The average molecular weight is 391 g/mol. The van der Waals surface area contributed by atoms with Crippen molar-refractivity contribution < 1.29 is 4.79 Å². The summed E-state index contributed by atoms with van der Waals surface area (Å²) >= 11 is 9.43. The number of rotatable bonds is 4. The van der Waals surface area contributed by atoms with Gasteiger partial charge in [0.2, 0.25) is 0 Å². The van der Waals surface area contributed by atoms with Crippen molar-refractivity contribution in [3.63, 3.8) is 0 Å². The SMILES string of the molecule is CSc1sc(-c2ccn[nH]2)c2c1C(=O)N(Cc1cccnc1Cl)CC2. The summed E-state index contributed by atoms with van der Waals surface area (Å²) in [5, 5.41) is 7.51. The Morgan fingerprint density at radius 2 is 2.28 bits per heavy atom. The van der Waals surface area contributed by atoms with Crippen LogP contribution >= 0.6 is 34.7 Å². The van der Waals surface area contributed by atoms with Crippen molar-refractivity contribution in [1.82, 2.24) is 20.1 Å². The van der Waals surface area contributed by atoms with E-state index in [1.807, 2.05) is 29.4 Å². The maximum absolute atomic E-state index is 13.1. The zero-order valence-corrected chi connectivity index (χ0v) is 15.8. The van der Waals surface area contributed by atoms with E-state index in [-0.39, 0.29) is 5.91 Å². The van der Waals surface area contributed by atoms with Crippen LogP contribution in [0.3, 0.4) is 0 Å². The third-order valence-electron chi connectivity index (χ3n) is 4.24. The lowest BCUT2D eigenvalue weighted by molar-refractivity contribution is 0.0724. The summed E-state index contributed by atoms with van der Waals surface area (Å²) in [4.78, 5) is 20.2. The number of nitrogens with zero attached hydrogens (tertiary/aromatic N) is 3. The molecule has 4 heterocycles. The molecule has 0 spiro atoms. The number of hydrogen-bond acceptors (Lipinski definition) is 5. The van der Waals surface area contributed by atoms with Crippen molar-refractivity contribution in [1.29, 1.82) is 0 Å². The first kappa shape index (κ1) is 16.6. The summed E-state index contributed by atoms with van der Waals surface area (Å²) in [6, 6.07) is 5.70. The van der Waals surface area contributed by atoms with Crippen LogP contribution in [0.25, 0.3) is 10.6 Å². The second-order valence-corrected chi connectivity index (χ2v) is 8.13. The quantitative estimate of drug-likeness (QED) is 0.538. The molecular weight excluding hydrogens is 376 g/mol. The highest BCUT2D eigenvalue weighted by Crippen LogP contribution is 2.43. The molecule has 8 heteroatoms. The number of amides is 1. The van der Waals surface area contributed by atoms with Crippen LogP contribution in [-0.4, -0.2) is 38.8 Å². The number of carbonyl (C=O) groups excluding carboxylic acids is 1. The highest BCUT2D eigenvalue weighted by atomic mass is 35.5. The fourth-order valence-electron chi connectivity index (χ4n) is 3.04. The summed E-state index contributed by atoms with van der Waals surface area (Å²) in [6.07, 6.45) is 6.22. The first-order chi connectivity index (χ1) is 12.2. The van der Waals surface area contributed by atoms with E-state index < -0.39 is 0 Å². The molecule has 3 aromatic rings. The summed E-state index contributed by atoms with van der Waals surface area (Å²) in [7, 11) is 0. The number of thioether (sulfide) groups is 1. The highest BCUT2D eigenvalue weighted by molar-refractivity contribution is 8.00. The van der Waals surface area contributed by atoms with Crippen molar-refractivity contribution in [2.75, 3.05) is 12.8 Å². The normalized spacial score (nSPS) is 14.0. The third kappa shape index (κ3) is 2.96. The first-order valence-corrected chi connectivity index (χ1v) is 10.2.